The number of unbranched alkanes of at least 4 members (excludes halogenated alkanes) is 1. The van der Waals surface area contributed by atoms with E-state index in [0.717, 1.165) is 56.5 Å². The molecule has 0 bridgehead atoms. The highest BCUT2D eigenvalue weighted by Crippen LogP contribution is 2.30. The third-order valence-electron chi connectivity index (χ3n) is 6.54. The summed E-state index contributed by atoms with van der Waals surface area (Å²) >= 11 is 0. The van der Waals surface area contributed by atoms with Crippen molar-refractivity contribution in [3.8, 4) is 0 Å². The number of urea groups is 1. The number of para-hydroxylation sites is 1. The maximum absolute atomic E-state index is 13.5. The van der Waals surface area contributed by atoms with Gasteiger partial charge in [-0.1, -0.05) is 18.2 Å². The lowest BCUT2D eigenvalue weighted by molar-refractivity contribution is -0.137. The molecule has 7 nitrogen and oxygen atoms in total. The van der Waals surface area contributed by atoms with Crippen molar-refractivity contribution in [1.82, 2.24) is 20.4 Å². The van der Waals surface area contributed by atoms with E-state index in [-0.39, 0.29) is 17.6 Å². The Morgan fingerprint density at radius 3 is 2.37 bits per heavy atom. The van der Waals surface area contributed by atoms with E-state index in [1.165, 1.54) is 4.90 Å². The van der Waals surface area contributed by atoms with Crippen LogP contribution in [0.1, 0.15) is 47.3 Å². The molecule has 1 saturated heterocycles. The Hall–Kier alpha value is -3.34. The largest absolute Gasteiger partial charge is 0.416 e. The highest BCUT2D eigenvalue weighted by atomic mass is 19.4. The first-order valence-corrected chi connectivity index (χ1v) is 12.7. The van der Waals surface area contributed by atoms with E-state index in [9.17, 15) is 27.2 Å². The Morgan fingerprint density at radius 2 is 1.71 bits per heavy atom. The molecule has 11 heteroatoms. The van der Waals surface area contributed by atoms with E-state index >= 15 is 0 Å². The molecule has 3 amide bonds. The molecule has 3 rings (SSSR count). The van der Waals surface area contributed by atoms with Crippen LogP contribution in [0.5, 0.6) is 0 Å². The van der Waals surface area contributed by atoms with Crippen LogP contribution in [0.25, 0.3) is 0 Å². The zero-order valence-electron chi connectivity index (χ0n) is 21.9. The minimum absolute atomic E-state index is 0.137. The molecule has 0 aromatic heterocycles. The molecule has 208 valence electrons. The highest BCUT2D eigenvalue weighted by Gasteiger charge is 2.32. The normalized spacial score (nSPS) is 15.2. The molecular weight excluding hydrogens is 502 g/mol. The Bertz CT molecular complexity index is 1100. The first kappa shape index (κ1) is 29.2. The van der Waals surface area contributed by atoms with Crippen molar-refractivity contribution < 1.29 is 27.2 Å². The molecule has 1 fully saturated rings. The van der Waals surface area contributed by atoms with Gasteiger partial charge in [0.2, 0.25) is 0 Å². The van der Waals surface area contributed by atoms with Crippen LogP contribution >= 0.6 is 0 Å². The van der Waals surface area contributed by atoms with Crippen molar-refractivity contribution in [3.63, 3.8) is 0 Å². The Labute approximate surface area is 220 Å². The number of amides is 3. The molecule has 1 aliphatic rings. The minimum Gasteiger partial charge on any atom is -0.369 e. The number of rotatable bonds is 9. The summed E-state index contributed by atoms with van der Waals surface area (Å²) in [6, 6.07) is 9.62. The van der Waals surface area contributed by atoms with Gasteiger partial charge in [0.15, 0.2) is 0 Å². The lowest BCUT2D eigenvalue weighted by Gasteiger charge is -2.37. The highest BCUT2D eigenvalue weighted by molar-refractivity contribution is 5.94. The second kappa shape index (κ2) is 12.9. The summed E-state index contributed by atoms with van der Waals surface area (Å²) in [6.07, 6.45) is -3.26. The quantitative estimate of drug-likeness (QED) is 0.365. The number of anilines is 1. The fourth-order valence-electron chi connectivity index (χ4n) is 4.39. The minimum atomic E-state index is -4.72. The van der Waals surface area contributed by atoms with Crippen LogP contribution < -0.4 is 15.5 Å². The number of nitrogens with zero attached hydrogens (tertiary/aromatic N) is 3. The Balaban J connectivity index is 1.42. The molecule has 0 spiro atoms. The van der Waals surface area contributed by atoms with Gasteiger partial charge in [0.1, 0.15) is 5.82 Å². The number of benzene rings is 2. The zero-order valence-corrected chi connectivity index (χ0v) is 21.9. The average Bonchev–Trinajstić information content (AvgIpc) is 2.87. The van der Waals surface area contributed by atoms with Gasteiger partial charge in [0, 0.05) is 58.1 Å². The topological polar surface area (TPSA) is 67.9 Å². The van der Waals surface area contributed by atoms with Crippen LogP contribution in [0.4, 0.5) is 28.0 Å². The third-order valence-corrected chi connectivity index (χ3v) is 6.54. The second-order valence-electron chi connectivity index (χ2n) is 9.64. The van der Waals surface area contributed by atoms with Crippen LogP contribution in [-0.2, 0) is 6.18 Å². The van der Waals surface area contributed by atoms with Crippen LogP contribution in [-0.4, -0.2) is 75.1 Å². The number of piperazine rings is 1. The molecule has 0 saturated carbocycles. The average molecular weight is 538 g/mol. The smallest absolute Gasteiger partial charge is 0.369 e. The van der Waals surface area contributed by atoms with Gasteiger partial charge in [-0.25, -0.2) is 9.18 Å². The number of carbonyl (C=O) groups excluding carboxylic acids is 2. The summed E-state index contributed by atoms with van der Waals surface area (Å²) in [5, 5.41) is 5.58. The summed E-state index contributed by atoms with van der Waals surface area (Å²) in [5.74, 6) is -1.82. The maximum Gasteiger partial charge on any atom is 0.416 e. The first-order valence-electron chi connectivity index (χ1n) is 12.7. The van der Waals surface area contributed by atoms with Gasteiger partial charge in [0.05, 0.1) is 11.6 Å². The lowest BCUT2D eigenvalue weighted by Crippen LogP contribution is -2.47. The van der Waals surface area contributed by atoms with E-state index in [1.54, 1.807) is 14.1 Å². The van der Waals surface area contributed by atoms with E-state index < -0.39 is 23.5 Å². The third kappa shape index (κ3) is 8.08. The van der Waals surface area contributed by atoms with Crippen molar-refractivity contribution in [3.05, 3.63) is 65.0 Å². The van der Waals surface area contributed by atoms with Crippen molar-refractivity contribution in [2.75, 3.05) is 58.3 Å². The number of alkyl halides is 3. The number of hydrogen-bond donors (Lipinski definition) is 2. The number of hydrogen-bond acceptors (Lipinski definition) is 4. The summed E-state index contributed by atoms with van der Waals surface area (Å²) in [4.78, 5) is 30.4. The van der Waals surface area contributed by atoms with Gasteiger partial charge in [-0.15, -0.1) is 0 Å². The molecule has 1 atom stereocenters. The predicted molar refractivity (Wildman–Crippen MR) is 139 cm³/mol. The van der Waals surface area contributed by atoms with Crippen LogP contribution in [0.2, 0.25) is 0 Å². The molecule has 1 aliphatic heterocycles. The SMILES string of the molecule is CC(NC(=O)N(C)C)c1ccccc1N1CCN(CCCCNC(=O)c2cc(F)cc(C(F)(F)F)c2)CC1. The fourth-order valence-corrected chi connectivity index (χ4v) is 4.39. The van der Waals surface area contributed by atoms with E-state index in [2.05, 4.69) is 26.5 Å². The molecule has 1 heterocycles. The monoisotopic (exact) mass is 537 g/mol. The molecule has 1 unspecified atom stereocenters. The predicted octanol–water partition coefficient (Wildman–Crippen LogP) is 4.51. The molecule has 38 heavy (non-hydrogen) atoms. The molecule has 2 N–H and O–H groups in total. The number of halogens is 4. The molecule has 0 aliphatic carbocycles. The van der Waals surface area contributed by atoms with Gasteiger partial charge in [-0.3, -0.25) is 9.69 Å². The lowest BCUT2D eigenvalue weighted by atomic mass is 10.0. The van der Waals surface area contributed by atoms with Gasteiger partial charge >= 0.3 is 12.2 Å². The Kier molecular flexibility index (Phi) is 9.96. The van der Waals surface area contributed by atoms with E-state index in [0.29, 0.717) is 25.1 Å². The molecule has 2 aromatic rings. The van der Waals surface area contributed by atoms with Gasteiger partial charge in [0.25, 0.3) is 5.91 Å². The molecule has 0 radical (unpaired) electrons. The maximum atomic E-state index is 13.5. The van der Waals surface area contributed by atoms with Crippen LogP contribution in [0.3, 0.4) is 0 Å². The Morgan fingerprint density at radius 1 is 1.03 bits per heavy atom. The van der Waals surface area contributed by atoms with Crippen LogP contribution in [0.15, 0.2) is 42.5 Å². The van der Waals surface area contributed by atoms with E-state index in [1.807, 2.05) is 25.1 Å². The first-order chi connectivity index (χ1) is 18.0. The second-order valence-corrected chi connectivity index (χ2v) is 9.64. The molecule has 2 aromatic carbocycles. The standard InChI is InChI=1S/C27H35F4N5O2/c1-19(33-26(38)34(2)3)23-8-4-5-9-24(23)36-14-12-35(13-15-36)11-7-6-10-32-25(37)20-16-21(27(29,30)31)18-22(28)17-20/h4-5,8-9,16-19H,6-7,10-15H2,1-3H3,(H,32,37)(H,33,38). The summed E-state index contributed by atoms with van der Waals surface area (Å²) in [5.41, 5.74) is 0.640. The van der Waals surface area contributed by atoms with Crippen LogP contribution in [0, 0.1) is 5.82 Å². The summed E-state index contributed by atoms with van der Waals surface area (Å²) in [7, 11) is 3.41. The van der Waals surface area contributed by atoms with Gasteiger partial charge in [-0.2, -0.15) is 13.2 Å². The van der Waals surface area contributed by atoms with Crippen molar-refractivity contribution >= 4 is 17.6 Å². The number of carbonyl (C=O) groups is 2. The summed E-state index contributed by atoms with van der Waals surface area (Å²) < 4.78 is 52.1. The van der Waals surface area contributed by atoms with E-state index in [4.69, 9.17) is 0 Å². The zero-order chi connectivity index (χ0) is 27.9. The fraction of sp³-hybridized carbons (Fsp3) is 0.481. The van der Waals surface area contributed by atoms with Gasteiger partial charge < -0.3 is 20.4 Å². The van der Waals surface area contributed by atoms with Crippen molar-refractivity contribution in [2.45, 2.75) is 32.0 Å². The summed E-state index contributed by atoms with van der Waals surface area (Å²) in [6.45, 7) is 6.50. The molecular formula is C27H35F4N5O2. The van der Waals surface area contributed by atoms with Crippen molar-refractivity contribution in [2.24, 2.45) is 0 Å². The van der Waals surface area contributed by atoms with Gasteiger partial charge in [-0.05, 0) is 56.1 Å². The number of nitrogens with one attached hydrogen (secondary N) is 2. The van der Waals surface area contributed by atoms with Crippen molar-refractivity contribution in [1.29, 1.82) is 0 Å².